The summed E-state index contributed by atoms with van der Waals surface area (Å²) in [5, 5.41) is 6.09. The van der Waals surface area contributed by atoms with Crippen LogP contribution in [0.25, 0.3) is 0 Å². The molecule has 0 spiro atoms. The fourth-order valence-electron chi connectivity index (χ4n) is 3.87. The van der Waals surface area contributed by atoms with E-state index in [1.54, 1.807) is 11.3 Å². The number of piperidine rings is 1. The van der Waals surface area contributed by atoms with E-state index in [4.69, 9.17) is 4.98 Å². The van der Waals surface area contributed by atoms with Crippen molar-refractivity contribution in [1.82, 2.24) is 9.88 Å². The Morgan fingerprint density at radius 2 is 1.96 bits per heavy atom. The summed E-state index contributed by atoms with van der Waals surface area (Å²) in [6.45, 7) is 6.43. The van der Waals surface area contributed by atoms with E-state index in [0.29, 0.717) is 0 Å². The second-order valence-corrected chi connectivity index (χ2v) is 9.38. The Bertz CT molecular complexity index is 928. The quantitative estimate of drug-likeness (QED) is 0.590. The SMILES string of the molecule is Cc1sc(NC(=O)c2cccs2)c([C@H](c2ccccn2)N2CCCCC2)c1C. The zero-order valence-corrected chi connectivity index (χ0v) is 17.9. The van der Waals surface area contributed by atoms with Crippen molar-refractivity contribution in [3.05, 3.63) is 68.5 Å². The van der Waals surface area contributed by atoms with Crippen LogP contribution in [-0.2, 0) is 0 Å². The molecule has 0 unspecified atom stereocenters. The number of carbonyl (C=O) groups excluding carboxylic acids is 1. The van der Waals surface area contributed by atoms with E-state index in [1.165, 1.54) is 46.6 Å². The molecule has 1 N–H and O–H groups in total. The lowest BCUT2D eigenvalue weighted by Crippen LogP contribution is -2.35. The van der Waals surface area contributed by atoms with Crippen molar-refractivity contribution < 1.29 is 4.79 Å². The van der Waals surface area contributed by atoms with Crippen molar-refractivity contribution in [2.75, 3.05) is 18.4 Å². The number of nitrogens with one attached hydrogen (secondary N) is 1. The number of amides is 1. The van der Waals surface area contributed by atoms with Gasteiger partial charge in [0.05, 0.1) is 16.6 Å². The monoisotopic (exact) mass is 411 g/mol. The number of hydrogen-bond donors (Lipinski definition) is 1. The summed E-state index contributed by atoms with van der Waals surface area (Å²) >= 11 is 3.14. The molecule has 3 aromatic heterocycles. The first-order valence-corrected chi connectivity index (χ1v) is 11.4. The second-order valence-electron chi connectivity index (χ2n) is 7.21. The molecule has 1 aliphatic rings. The summed E-state index contributed by atoms with van der Waals surface area (Å²) < 4.78 is 0. The summed E-state index contributed by atoms with van der Waals surface area (Å²) in [7, 11) is 0. The molecular formula is C22H25N3OS2. The molecule has 0 aliphatic carbocycles. The molecule has 6 heteroatoms. The standard InChI is InChI=1S/C22H25N3OS2/c1-15-16(2)28-22(24-21(26)18-10-8-14-27-18)19(15)20(17-9-4-5-11-23-17)25-12-6-3-7-13-25/h4-5,8-11,14,20H,3,6-7,12-13H2,1-2H3,(H,24,26)/t20-/m0/s1. The number of likely N-dealkylation sites (tertiary alicyclic amines) is 1. The van der Waals surface area contributed by atoms with Crippen LogP contribution in [0.5, 0.6) is 0 Å². The molecule has 1 amide bonds. The number of anilines is 1. The highest BCUT2D eigenvalue weighted by Crippen LogP contribution is 2.42. The van der Waals surface area contributed by atoms with Gasteiger partial charge < -0.3 is 5.32 Å². The van der Waals surface area contributed by atoms with E-state index in [-0.39, 0.29) is 11.9 Å². The van der Waals surface area contributed by atoms with E-state index in [2.05, 4.69) is 36.2 Å². The van der Waals surface area contributed by atoms with Crippen LogP contribution in [0.15, 0.2) is 41.9 Å². The molecule has 0 saturated carbocycles. The van der Waals surface area contributed by atoms with E-state index in [9.17, 15) is 4.79 Å². The van der Waals surface area contributed by atoms with Crippen LogP contribution < -0.4 is 5.32 Å². The molecular weight excluding hydrogens is 386 g/mol. The number of aromatic nitrogens is 1. The number of pyridine rings is 1. The Labute approximate surface area is 174 Å². The maximum atomic E-state index is 12.8. The Balaban J connectivity index is 1.76. The number of aryl methyl sites for hydroxylation is 1. The fourth-order valence-corrected chi connectivity index (χ4v) is 5.58. The van der Waals surface area contributed by atoms with Gasteiger partial charge in [0.15, 0.2) is 0 Å². The van der Waals surface area contributed by atoms with Gasteiger partial charge in [0.2, 0.25) is 0 Å². The molecule has 4 rings (SSSR count). The van der Waals surface area contributed by atoms with Crippen LogP contribution in [-0.4, -0.2) is 28.9 Å². The average molecular weight is 412 g/mol. The van der Waals surface area contributed by atoms with Gasteiger partial charge in [-0.1, -0.05) is 18.6 Å². The highest BCUT2D eigenvalue weighted by Gasteiger charge is 2.31. The summed E-state index contributed by atoms with van der Waals surface area (Å²) in [6.07, 6.45) is 5.57. The molecule has 0 aromatic carbocycles. The van der Waals surface area contributed by atoms with Crippen molar-refractivity contribution >= 4 is 33.6 Å². The van der Waals surface area contributed by atoms with Crippen LogP contribution in [0, 0.1) is 13.8 Å². The average Bonchev–Trinajstić information content (AvgIpc) is 3.35. The third-order valence-corrected chi connectivity index (χ3v) is 7.41. The molecule has 4 nitrogen and oxygen atoms in total. The highest BCUT2D eigenvalue weighted by molar-refractivity contribution is 7.17. The summed E-state index contributed by atoms with van der Waals surface area (Å²) in [5.74, 6) is -0.0316. The first-order chi connectivity index (χ1) is 13.6. The van der Waals surface area contributed by atoms with Crippen LogP contribution in [0.4, 0.5) is 5.00 Å². The number of rotatable bonds is 5. The predicted octanol–water partition coefficient (Wildman–Crippen LogP) is 5.65. The van der Waals surface area contributed by atoms with Gasteiger partial charge >= 0.3 is 0 Å². The lowest BCUT2D eigenvalue weighted by molar-refractivity contribution is 0.103. The van der Waals surface area contributed by atoms with Crippen molar-refractivity contribution in [2.24, 2.45) is 0 Å². The topological polar surface area (TPSA) is 45.2 Å². The van der Waals surface area contributed by atoms with Gasteiger partial charge in [0.1, 0.15) is 5.00 Å². The number of carbonyl (C=O) groups is 1. The van der Waals surface area contributed by atoms with Crippen LogP contribution in [0.1, 0.15) is 56.7 Å². The Morgan fingerprint density at radius 3 is 2.64 bits per heavy atom. The van der Waals surface area contributed by atoms with Crippen LogP contribution >= 0.6 is 22.7 Å². The van der Waals surface area contributed by atoms with Gasteiger partial charge in [-0.25, -0.2) is 0 Å². The molecule has 1 saturated heterocycles. The Kier molecular flexibility index (Phi) is 5.90. The smallest absolute Gasteiger partial charge is 0.266 e. The first kappa shape index (κ1) is 19.3. The zero-order valence-electron chi connectivity index (χ0n) is 16.3. The minimum absolute atomic E-state index is 0.0316. The summed E-state index contributed by atoms with van der Waals surface area (Å²) in [4.78, 5) is 22.0. The third-order valence-electron chi connectivity index (χ3n) is 5.40. The lowest BCUT2D eigenvalue weighted by Gasteiger charge is -2.35. The lowest BCUT2D eigenvalue weighted by atomic mass is 9.96. The van der Waals surface area contributed by atoms with Gasteiger partial charge in [0, 0.05) is 16.6 Å². The summed E-state index contributed by atoms with van der Waals surface area (Å²) in [5.41, 5.74) is 3.51. The van der Waals surface area contributed by atoms with Crippen molar-refractivity contribution in [3.63, 3.8) is 0 Å². The van der Waals surface area contributed by atoms with Gasteiger partial charge in [0.25, 0.3) is 5.91 Å². The molecule has 3 aromatic rings. The van der Waals surface area contributed by atoms with Crippen molar-refractivity contribution in [3.8, 4) is 0 Å². The summed E-state index contributed by atoms with van der Waals surface area (Å²) in [6, 6.07) is 9.98. The normalized spacial score (nSPS) is 16.1. The Hall–Kier alpha value is -2.02. The largest absolute Gasteiger partial charge is 0.313 e. The van der Waals surface area contributed by atoms with E-state index < -0.39 is 0 Å². The van der Waals surface area contributed by atoms with E-state index in [1.807, 2.05) is 29.8 Å². The van der Waals surface area contributed by atoms with E-state index >= 15 is 0 Å². The number of hydrogen-bond acceptors (Lipinski definition) is 5. The molecule has 28 heavy (non-hydrogen) atoms. The molecule has 1 fully saturated rings. The van der Waals surface area contributed by atoms with Crippen molar-refractivity contribution in [2.45, 2.75) is 39.2 Å². The molecule has 0 bridgehead atoms. The van der Waals surface area contributed by atoms with Gasteiger partial charge in [-0.2, -0.15) is 0 Å². The molecule has 1 aliphatic heterocycles. The van der Waals surface area contributed by atoms with Crippen molar-refractivity contribution in [1.29, 1.82) is 0 Å². The maximum Gasteiger partial charge on any atom is 0.266 e. The van der Waals surface area contributed by atoms with Crippen LogP contribution in [0.2, 0.25) is 0 Å². The number of nitrogens with zero attached hydrogens (tertiary/aromatic N) is 2. The number of thiophene rings is 2. The third kappa shape index (κ3) is 3.90. The molecule has 4 heterocycles. The fraction of sp³-hybridized carbons (Fsp3) is 0.364. The van der Waals surface area contributed by atoms with E-state index in [0.717, 1.165) is 28.7 Å². The Morgan fingerprint density at radius 1 is 1.14 bits per heavy atom. The van der Waals surface area contributed by atoms with Gasteiger partial charge in [-0.05, 0) is 68.9 Å². The zero-order chi connectivity index (χ0) is 19.5. The predicted molar refractivity (Wildman–Crippen MR) is 118 cm³/mol. The second kappa shape index (κ2) is 8.55. The van der Waals surface area contributed by atoms with Gasteiger partial charge in [-0.15, -0.1) is 22.7 Å². The molecule has 1 atom stereocenters. The van der Waals surface area contributed by atoms with Gasteiger partial charge in [-0.3, -0.25) is 14.7 Å². The maximum absolute atomic E-state index is 12.8. The van der Waals surface area contributed by atoms with Crippen LogP contribution in [0.3, 0.4) is 0 Å². The molecule has 0 radical (unpaired) electrons. The molecule has 146 valence electrons. The minimum Gasteiger partial charge on any atom is -0.313 e. The highest BCUT2D eigenvalue weighted by atomic mass is 32.1. The first-order valence-electron chi connectivity index (χ1n) is 9.75. The minimum atomic E-state index is -0.0316.